The van der Waals surface area contributed by atoms with Crippen LogP contribution in [0.2, 0.25) is 0 Å². The molecule has 0 atom stereocenters. The minimum absolute atomic E-state index is 0.203. The molecule has 2 aromatic rings. The van der Waals surface area contributed by atoms with Gasteiger partial charge in [-0.2, -0.15) is 0 Å². The first-order chi connectivity index (χ1) is 9.49. The molecular formula is C15H12BrNO3. The molecular weight excluding hydrogens is 322 g/mol. The Bertz CT molecular complexity index is 683. The molecule has 3 N–H and O–H groups in total. The van der Waals surface area contributed by atoms with E-state index < -0.39 is 5.97 Å². The van der Waals surface area contributed by atoms with Crippen molar-refractivity contribution in [2.24, 2.45) is 0 Å². The standard InChI is InChI=1S/C15H12BrNO3/c16-11-5-1-4-10(7-11)15(20)12-6-2-3-9(14(12)17)8-13(18)19/h1-7H,8,17H2,(H,18,19). The Morgan fingerprint density at radius 1 is 1.15 bits per heavy atom. The summed E-state index contributed by atoms with van der Waals surface area (Å²) in [5, 5.41) is 8.83. The minimum Gasteiger partial charge on any atom is -0.481 e. The highest BCUT2D eigenvalue weighted by Gasteiger charge is 2.15. The van der Waals surface area contributed by atoms with Crippen LogP contribution in [0.4, 0.5) is 5.69 Å². The van der Waals surface area contributed by atoms with Crippen molar-refractivity contribution in [2.75, 3.05) is 5.73 Å². The quantitative estimate of drug-likeness (QED) is 0.665. The molecule has 2 aromatic carbocycles. The first kappa shape index (κ1) is 14.3. The van der Waals surface area contributed by atoms with Crippen LogP contribution in [0.25, 0.3) is 0 Å². The van der Waals surface area contributed by atoms with Crippen LogP contribution in [0, 0.1) is 0 Å². The van der Waals surface area contributed by atoms with Gasteiger partial charge in [-0.25, -0.2) is 0 Å². The summed E-state index contributed by atoms with van der Waals surface area (Å²) in [5.41, 5.74) is 7.40. The topological polar surface area (TPSA) is 80.4 Å². The van der Waals surface area contributed by atoms with Crippen LogP contribution in [0.3, 0.4) is 0 Å². The second-order valence-electron chi connectivity index (χ2n) is 4.29. The summed E-state index contributed by atoms with van der Waals surface area (Å²) in [7, 11) is 0. The molecule has 0 bridgehead atoms. The number of halogens is 1. The van der Waals surface area contributed by atoms with Gasteiger partial charge in [-0.3, -0.25) is 9.59 Å². The number of anilines is 1. The number of hydrogen-bond acceptors (Lipinski definition) is 3. The fraction of sp³-hybridized carbons (Fsp3) is 0.0667. The Morgan fingerprint density at radius 2 is 1.85 bits per heavy atom. The van der Waals surface area contributed by atoms with Gasteiger partial charge in [0.1, 0.15) is 0 Å². The molecule has 0 aliphatic heterocycles. The average molecular weight is 334 g/mol. The van der Waals surface area contributed by atoms with E-state index >= 15 is 0 Å². The van der Waals surface area contributed by atoms with Gasteiger partial charge in [-0.15, -0.1) is 0 Å². The van der Waals surface area contributed by atoms with Crippen molar-refractivity contribution >= 4 is 33.4 Å². The molecule has 0 saturated heterocycles. The van der Waals surface area contributed by atoms with Crippen molar-refractivity contribution in [3.05, 3.63) is 63.6 Å². The van der Waals surface area contributed by atoms with Crippen molar-refractivity contribution in [1.82, 2.24) is 0 Å². The Morgan fingerprint density at radius 3 is 2.50 bits per heavy atom. The molecule has 0 fully saturated rings. The second-order valence-corrected chi connectivity index (χ2v) is 5.20. The monoisotopic (exact) mass is 333 g/mol. The van der Waals surface area contributed by atoms with Gasteiger partial charge >= 0.3 is 5.97 Å². The molecule has 0 aliphatic carbocycles. The molecule has 0 amide bonds. The van der Waals surface area contributed by atoms with Crippen LogP contribution < -0.4 is 5.73 Å². The number of aliphatic carboxylic acids is 1. The van der Waals surface area contributed by atoms with Gasteiger partial charge in [0.2, 0.25) is 0 Å². The Kier molecular flexibility index (Phi) is 4.20. The number of carbonyl (C=O) groups excluding carboxylic acids is 1. The first-order valence-corrected chi connectivity index (χ1v) is 6.68. The molecule has 2 rings (SSSR count). The summed E-state index contributed by atoms with van der Waals surface area (Å²) in [5.74, 6) is -1.21. The van der Waals surface area contributed by atoms with E-state index in [4.69, 9.17) is 10.8 Å². The Balaban J connectivity index is 2.42. The van der Waals surface area contributed by atoms with Crippen LogP contribution in [-0.4, -0.2) is 16.9 Å². The first-order valence-electron chi connectivity index (χ1n) is 5.88. The van der Waals surface area contributed by atoms with Gasteiger partial charge in [0.05, 0.1) is 6.42 Å². The van der Waals surface area contributed by atoms with Crippen LogP contribution in [0.15, 0.2) is 46.9 Å². The summed E-state index contributed by atoms with van der Waals surface area (Å²) >= 11 is 3.31. The minimum atomic E-state index is -0.983. The van der Waals surface area contributed by atoms with Crippen LogP contribution in [0.5, 0.6) is 0 Å². The molecule has 0 aromatic heterocycles. The molecule has 5 heteroatoms. The number of nitrogen functional groups attached to an aromatic ring is 1. The zero-order valence-electron chi connectivity index (χ0n) is 10.5. The van der Waals surface area contributed by atoms with Gasteiger partial charge in [-0.05, 0) is 23.8 Å². The maximum Gasteiger partial charge on any atom is 0.307 e. The highest BCUT2D eigenvalue weighted by molar-refractivity contribution is 9.10. The van der Waals surface area contributed by atoms with E-state index in [0.717, 1.165) is 4.47 Å². The number of hydrogen-bond donors (Lipinski definition) is 2. The number of carboxylic acids is 1. The number of ketones is 1. The number of nitrogens with two attached hydrogens (primary N) is 1. The summed E-state index contributed by atoms with van der Waals surface area (Å²) in [6, 6.07) is 11.8. The van der Waals surface area contributed by atoms with E-state index in [-0.39, 0.29) is 17.9 Å². The molecule has 0 radical (unpaired) electrons. The lowest BCUT2D eigenvalue weighted by atomic mass is 9.98. The van der Waals surface area contributed by atoms with E-state index in [1.807, 2.05) is 6.07 Å². The molecule has 0 spiro atoms. The van der Waals surface area contributed by atoms with Crippen molar-refractivity contribution in [2.45, 2.75) is 6.42 Å². The zero-order chi connectivity index (χ0) is 14.7. The highest BCUT2D eigenvalue weighted by Crippen LogP contribution is 2.22. The zero-order valence-corrected chi connectivity index (χ0v) is 12.1. The van der Waals surface area contributed by atoms with Crippen LogP contribution in [0.1, 0.15) is 21.5 Å². The number of carboxylic acid groups (broad SMARTS) is 1. The van der Waals surface area contributed by atoms with Gasteiger partial charge in [0.15, 0.2) is 5.78 Å². The van der Waals surface area contributed by atoms with Crippen LogP contribution in [-0.2, 0) is 11.2 Å². The molecule has 0 heterocycles. The van der Waals surface area contributed by atoms with Gasteiger partial charge < -0.3 is 10.8 Å². The summed E-state index contributed by atoms with van der Waals surface area (Å²) in [6.07, 6.45) is -0.203. The second kappa shape index (κ2) is 5.88. The van der Waals surface area contributed by atoms with Gasteiger partial charge in [0.25, 0.3) is 0 Å². The molecule has 4 nitrogen and oxygen atoms in total. The van der Waals surface area contributed by atoms with Gasteiger partial charge in [0, 0.05) is 21.3 Å². The number of para-hydroxylation sites is 1. The van der Waals surface area contributed by atoms with Crippen molar-refractivity contribution in [3.8, 4) is 0 Å². The van der Waals surface area contributed by atoms with E-state index in [1.54, 1.807) is 36.4 Å². The van der Waals surface area contributed by atoms with Gasteiger partial charge in [-0.1, -0.05) is 40.2 Å². The SMILES string of the molecule is Nc1c(CC(=O)O)cccc1C(=O)c1cccc(Br)c1. The van der Waals surface area contributed by atoms with Crippen molar-refractivity contribution < 1.29 is 14.7 Å². The largest absolute Gasteiger partial charge is 0.481 e. The van der Waals surface area contributed by atoms with E-state index in [2.05, 4.69) is 15.9 Å². The van der Waals surface area contributed by atoms with Crippen molar-refractivity contribution in [3.63, 3.8) is 0 Å². The molecule has 0 aliphatic rings. The number of carbonyl (C=O) groups is 2. The molecule has 102 valence electrons. The smallest absolute Gasteiger partial charge is 0.307 e. The highest BCUT2D eigenvalue weighted by atomic mass is 79.9. The number of rotatable bonds is 4. The molecule has 20 heavy (non-hydrogen) atoms. The maximum absolute atomic E-state index is 12.4. The maximum atomic E-state index is 12.4. The molecule has 0 unspecified atom stereocenters. The third-order valence-electron chi connectivity index (χ3n) is 2.87. The molecule has 0 saturated carbocycles. The Hall–Kier alpha value is -2.14. The van der Waals surface area contributed by atoms with E-state index in [9.17, 15) is 9.59 Å². The normalized spacial score (nSPS) is 10.2. The lowest BCUT2D eigenvalue weighted by Gasteiger charge is -2.09. The predicted octanol–water partition coefficient (Wildman–Crippen LogP) is 2.89. The van der Waals surface area contributed by atoms with Crippen molar-refractivity contribution in [1.29, 1.82) is 0 Å². The third kappa shape index (κ3) is 3.05. The third-order valence-corrected chi connectivity index (χ3v) is 3.36. The Labute approximate surface area is 124 Å². The number of benzene rings is 2. The summed E-state index contributed by atoms with van der Waals surface area (Å²) in [4.78, 5) is 23.2. The fourth-order valence-electron chi connectivity index (χ4n) is 1.91. The van der Waals surface area contributed by atoms with E-state index in [1.165, 1.54) is 0 Å². The predicted molar refractivity (Wildman–Crippen MR) is 79.8 cm³/mol. The fourth-order valence-corrected chi connectivity index (χ4v) is 2.31. The van der Waals surface area contributed by atoms with E-state index in [0.29, 0.717) is 16.7 Å². The lowest BCUT2D eigenvalue weighted by Crippen LogP contribution is -2.10. The average Bonchev–Trinajstić information content (AvgIpc) is 2.40. The lowest BCUT2D eigenvalue weighted by molar-refractivity contribution is -0.136. The summed E-state index contributed by atoms with van der Waals surface area (Å²) in [6.45, 7) is 0. The summed E-state index contributed by atoms with van der Waals surface area (Å²) < 4.78 is 0.795. The van der Waals surface area contributed by atoms with Crippen LogP contribution >= 0.6 is 15.9 Å².